The van der Waals surface area contributed by atoms with E-state index in [1.807, 2.05) is 0 Å². The molecule has 24 heavy (non-hydrogen) atoms. The summed E-state index contributed by atoms with van der Waals surface area (Å²) in [6.07, 6.45) is 0. The standard InChI is InChI=1S/C16H14ClN5O2/c1-24-13-8-6-12(7-9-13)22-15(18)14(20-21-22)16(23)19-11-4-2-10(17)3-5-11/h2-9H,18H2,1H3,(H,19,23). The van der Waals surface area contributed by atoms with Crippen molar-refractivity contribution in [2.45, 2.75) is 0 Å². The Morgan fingerprint density at radius 1 is 1.17 bits per heavy atom. The predicted octanol–water partition coefficient (Wildman–Crippen LogP) is 2.76. The lowest BCUT2D eigenvalue weighted by atomic mass is 10.3. The number of ether oxygens (including phenoxy) is 1. The molecule has 3 N–H and O–H groups in total. The minimum atomic E-state index is -0.449. The van der Waals surface area contributed by atoms with Crippen LogP contribution in [0.25, 0.3) is 5.69 Å². The summed E-state index contributed by atoms with van der Waals surface area (Å²) in [7, 11) is 1.58. The normalized spacial score (nSPS) is 10.4. The van der Waals surface area contributed by atoms with Crippen LogP contribution in [0, 0.1) is 0 Å². The Bertz CT molecular complexity index is 859. The number of hydrogen-bond acceptors (Lipinski definition) is 5. The molecule has 1 amide bonds. The van der Waals surface area contributed by atoms with Gasteiger partial charge in [0.15, 0.2) is 11.5 Å². The molecule has 0 bridgehead atoms. The minimum Gasteiger partial charge on any atom is -0.497 e. The van der Waals surface area contributed by atoms with Crippen molar-refractivity contribution < 1.29 is 9.53 Å². The second-order valence-electron chi connectivity index (χ2n) is 4.89. The number of nitrogens with two attached hydrogens (primary N) is 1. The van der Waals surface area contributed by atoms with E-state index in [9.17, 15) is 4.79 Å². The maximum atomic E-state index is 12.3. The fraction of sp³-hybridized carbons (Fsp3) is 0.0625. The molecule has 2 aromatic carbocycles. The Balaban J connectivity index is 1.83. The number of hydrogen-bond donors (Lipinski definition) is 2. The molecule has 0 fully saturated rings. The molecule has 3 rings (SSSR count). The van der Waals surface area contributed by atoms with Gasteiger partial charge in [0.25, 0.3) is 5.91 Å². The molecule has 0 aliphatic heterocycles. The largest absolute Gasteiger partial charge is 0.497 e. The van der Waals surface area contributed by atoms with Gasteiger partial charge in [-0.2, -0.15) is 4.68 Å². The summed E-state index contributed by atoms with van der Waals surface area (Å²) >= 11 is 5.82. The molecule has 3 aromatic rings. The zero-order valence-electron chi connectivity index (χ0n) is 12.7. The molecular formula is C16H14ClN5O2. The van der Waals surface area contributed by atoms with Crippen LogP contribution in [0.1, 0.15) is 10.5 Å². The number of aromatic nitrogens is 3. The highest BCUT2D eigenvalue weighted by Crippen LogP contribution is 2.20. The third-order valence-electron chi connectivity index (χ3n) is 3.34. The molecule has 0 unspecified atom stereocenters. The zero-order chi connectivity index (χ0) is 17.1. The second kappa shape index (κ2) is 6.59. The number of carbonyl (C=O) groups excluding carboxylic acids is 1. The van der Waals surface area contributed by atoms with Crippen LogP contribution in [0.4, 0.5) is 11.5 Å². The number of rotatable bonds is 4. The fourth-order valence-electron chi connectivity index (χ4n) is 2.09. The number of anilines is 2. The van der Waals surface area contributed by atoms with E-state index in [4.69, 9.17) is 22.1 Å². The van der Waals surface area contributed by atoms with E-state index in [1.54, 1.807) is 55.6 Å². The molecule has 122 valence electrons. The van der Waals surface area contributed by atoms with Crippen molar-refractivity contribution in [3.63, 3.8) is 0 Å². The lowest BCUT2D eigenvalue weighted by Gasteiger charge is -2.06. The third-order valence-corrected chi connectivity index (χ3v) is 3.59. The van der Waals surface area contributed by atoms with Gasteiger partial charge in [-0.15, -0.1) is 5.10 Å². The van der Waals surface area contributed by atoms with Gasteiger partial charge in [0.2, 0.25) is 0 Å². The molecule has 0 aliphatic rings. The molecule has 0 aliphatic carbocycles. The van der Waals surface area contributed by atoms with Gasteiger partial charge in [-0.05, 0) is 48.5 Å². The molecular weight excluding hydrogens is 330 g/mol. The number of nitrogens with zero attached hydrogens (tertiary/aromatic N) is 3. The van der Waals surface area contributed by atoms with Crippen molar-refractivity contribution in [3.05, 3.63) is 59.2 Å². The first-order chi connectivity index (χ1) is 11.6. The summed E-state index contributed by atoms with van der Waals surface area (Å²) < 4.78 is 6.49. The van der Waals surface area contributed by atoms with Crippen LogP contribution >= 0.6 is 11.6 Å². The van der Waals surface area contributed by atoms with E-state index < -0.39 is 5.91 Å². The van der Waals surface area contributed by atoms with E-state index in [1.165, 1.54) is 4.68 Å². The van der Waals surface area contributed by atoms with Crippen LogP contribution in [-0.2, 0) is 0 Å². The van der Waals surface area contributed by atoms with Gasteiger partial charge >= 0.3 is 0 Å². The smallest absolute Gasteiger partial charge is 0.280 e. The Morgan fingerprint density at radius 2 is 1.83 bits per heavy atom. The Hall–Kier alpha value is -3.06. The quantitative estimate of drug-likeness (QED) is 0.759. The van der Waals surface area contributed by atoms with Crippen molar-refractivity contribution in [3.8, 4) is 11.4 Å². The average molecular weight is 344 g/mol. The molecule has 0 saturated carbocycles. The second-order valence-corrected chi connectivity index (χ2v) is 5.33. The lowest BCUT2D eigenvalue weighted by molar-refractivity contribution is 0.102. The number of halogens is 1. The summed E-state index contributed by atoms with van der Waals surface area (Å²) in [5.41, 5.74) is 7.31. The number of amides is 1. The highest BCUT2D eigenvalue weighted by Gasteiger charge is 2.18. The lowest BCUT2D eigenvalue weighted by Crippen LogP contribution is -2.15. The van der Waals surface area contributed by atoms with E-state index in [2.05, 4.69) is 15.6 Å². The van der Waals surface area contributed by atoms with E-state index in [0.29, 0.717) is 22.1 Å². The van der Waals surface area contributed by atoms with Gasteiger partial charge in [0, 0.05) is 10.7 Å². The monoisotopic (exact) mass is 343 g/mol. The Labute approximate surface area is 143 Å². The first-order valence-corrected chi connectivity index (χ1v) is 7.39. The van der Waals surface area contributed by atoms with Gasteiger partial charge in [0.05, 0.1) is 12.8 Å². The van der Waals surface area contributed by atoms with Gasteiger partial charge in [-0.3, -0.25) is 4.79 Å². The number of nitrogen functional groups attached to an aromatic ring is 1. The van der Waals surface area contributed by atoms with Crippen molar-refractivity contribution in [2.24, 2.45) is 0 Å². The van der Waals surface area contributed by atoms with Crippen molar-refractivity contribution in [1.82, 2.24) is 15.0 Å². The number of benzene rings is 2. The van der Waals surface area contributed by atoms with E-state index >= 15 is 0 Å². The topological polar surface area (TPSA) is 95.1 Å². The fourth-order valence-corrected chi connectivity index (χ4v) is 2.21. The summed E-state index contributed by atoms with van der Waals surface area (Å²) in [5.74, 6) is 0.402. The van der Waals surface area contributed by atoms with E-state index in [-0.39, 0.29) is 11.5 Å². The average Bonchev–Trinajstić information content (AvgIpc) is 2.98. The number of nitrogens with one attached hydrogen (secondary N) is 1. The maximum Gasteiger partial charge on any atom is 0.280 e. The van der Waals surface area contributed by atoms with Gasteiger partial charge in [0.1, 0.15) is 5.75 Å². The van der Waals surface area contributed by atoms with Gasteiger partial charge in [-0.25, -0.2) is 0 Å². The molecule has 0 spiro atoms. The van der Waals surface area contributed by atoms with Crippen molar-refractivity contribution in [2.75, 3.05) is 18.2 Å². The minimum absolute atomic E-state index is 0.0424. The van der Waals surface area contributed by atoms with Crippen LogP contribution < -0.4 is 15.8 Å². The van der Waals surface area contributed by atoms with Crippen molar-refractivity contribution in [1.29, 1.82) is 0 Å². The Kier molecular flexibility index (Phi) is 4.35. The van der Waals surface area contributed by atoms with Crippen LogP contribution in [0.5, 0.6) is 5.75 Å². The molecule has 0 saturated heterocycles. The number of carbonyl (C=O) groups is 1. The van der Waals surface area contributed by atoms with Gasteiger partial charge in [-0.1, -0.05) is 16.8 Å². The maximum absolute atomic E-state index is 12.3. The highest BCUT2D eigenvalue weighted by atomic mass is 35.5. The third kappa shape index (κ3) is 3.16. The van der Waals surface area contributed by atoms with Crippen LogP contribution in [0.3, 0.4) is 0 Å². The first kappa shape index (κ1) is 15.8. The Morgan fingerprint density at radius 3 is 2.46 bits per heavy atom. The molecule has 8 heteroatoms. The van der Waals surface area contributed by atoms with E-state index in [0.717, 1.165) is 0 Å². The summed E-state index contributed by atoms with van der Waals surface area (Å²) in [6, 6.07) is 13.8. The highest BCUT2D eigenvalue weighted by molar-refractivity contribution is 6.30. The molecule has 1 heterocycles. The van der Waals surface area contributed by atoms with Crippen molar-refractivity contribution >= 4 is 29.0 Å². The SMILES string of the molecule is COc1ccc(-n2nnc(C(=O)Nc3ccc(Cl)cc3)c2N)cc1. The molecule has 0 atom stereocenters. The summed E-state index contributed by atoms with van der Waals surface area (Å²) in [4.78, 5) is 12.3. The summed E-state index contributed by atoms with van der Waals surface area (Å²) in [5, 5.41) is 11.1. The van der Waals surface area contributed by atoms with Crippen LogP contribution in [0.15, 0.2) is 48.5 Å². The molecule has 1 aromatic heterocycles. The molecule has 0 radical (unpaired) electrons. The predicted molar refractivity (Wildman–Crippen MR) is 91.7 cm³/mol. The van der Waals surface area contributed by atoms with Crippen LogP contribution in [0.2, 0.25) is 5.02 Å². The zero-order valence-corrected chi connectivity index (χ0v) is 13.5. The first-order valence-electron chi connectivity index (χ1n) is 7.01. The number of methoxy groups -OCH3 is 1. The van der Waals surface area contributed by atoms with Crippen LogP contribution in [-0.4, -0.2) is 28.0 Å². The van der Waals surface area contributed by atoms with Gasteiger partial charge < -0.3 is 15.8 Å². The summed E-state index contributed by atoms with van der Waals surface area (Å²) in [6.45, 7) is 0. The molecule has 7 nitrogen and oxygen atoms in total.